The average molecular weight is 410 g/mol. The second-order valence-corrected chi connectivity index (χ2v) is 8.62. The van der Waals surface area contributed by atoms with Gasteiger partial charge in [-0.05, 0) is 43.9 Å². The number of aromatic nitrogens is 2. The lowest BCUT2D eigenvalue weighted by Crippen LogP contribution is -2.34. The van der Waals surface area contributed by atoms with Gasteiger partial charge in [-0.3, -0.25) is 14.2 Å². The minimum Gasteiger partial charge on any atom is -0.353 e. The molecule has 0 radical (unpaired) electrons. The molecule has 27 heavy (non-hydrogen) atoms. The highest BCUT2D eigenvalue weighted by Crippen LogP contribution is 2.21. The van der Waals surface area contributed by atoms with Gasteiger partial charge in [-0.25, -0.2) is 4.98 Å². The first-order chi connectivity index (χ1) is 12.8. The molecule has 0 aliphatic heterocycles. The normalized spacial score (nSPS) is 12.5. The zero-order valence-corrected chi connectivity index (χ0v) is 18.0. The summed E-state index contributed by atoms with van der Waals surface area (Å²) in [6, 6.07) is 5.26. The summed E-state index contributed by atoms with van der Waals surface area (Å²) in [6.45, 7) is 8.91. The number of fused-ring (bicyclic) bond motifs is 1. The molecule has 148 valence electrons. The molecule has 2 rings (SSSR count). The standard InChI is InChI=1S/C20H28ClN3O2S/c1-5-6-14(4)22-18(25)12-27-20-23-17-11-15(21)7-8-16(17)19(26)24(20)10-9-13(2)3/h7-8,11,13-14H,5-6,9-10,12H2,1-4H3,(H,22,25)/t14-/m1/s1. The Labute approximate surface area is 169 Å². The van der Waals surface area contributed by atoms with E-state index in [1.165, 1.54) is 11.8 Å². The van der Waals surface area contributed by atoms with E-state index in [2.05, 4.69) is 31.1 Å². The fourth-order valence-electron chi connectivity index (χ4n) is 2.82. The van der Waals surface area contributed by atoms with Crippen LogP contribution in [0.5, 0.6) is 0 Å². The van der Waals surface area contributed by atoms with Crippen LogP contribution < -0.4 is 10.9 Å². The molecule has 1 aromatic carbocycles. The highest BCUT2D eigenvalue weighted by Gasteiger charge is 2.15. The summed E-state index contributed by atoms with van der Waals surface area (Å²) in [7, 11) is 0. The summed E-state index contributed by atoms with van der Waals surface area (Å²) in [5.41, 5.74) is 0.482. The van der Waals surface area contributed by atoms with Gasteiger partial charge in [0.25, 0.3) is 5.56 Å². The highest BCUT2D eigenvalue weighted by molar-refractivity contribution is 7.99. The summed E-state index contributed by atoms with van der Waals surface area (Å²) in [5.74, 6) is 0.652. The Balaban J connectivity index is 2.27. The molecule has 0 aliphatic carbocycles. The van der Waals surface area contributed by atoms with Gasteiger partial charge in [0.15, 0.2) is 5.16 Å². The van der Waals surface area contributed by atoms with Gasteiger partial charge in [-0.2, -0.15) is 0 Å². The van der Waals surface area contributed by atoms with Crippen molar-refractivity contribution in [3.05, 3.63) is 33.6 Å². The van der Waals surface area contributed by atoms with Crippen LogP contribution in [-0.4, -0.2) is 27.3 Å². The van der Waals surface area contributed by atoms with Gasteiger partial charge in [0.2, 0.25) is 5.91 Å². The Morgan fingerprint density at radius 2 is 2.04 bits per heavy atom. The van der Waals surface area contributed by atoms with E-state index in [0.717, 1.165) is 19.3 Å². The van der Waals surface area contributed by atoms with E-state index in [1.807, 2.05) is 6.92 Å². The minimum absolute atomic E-state index is 0.0446. The van der Waals surface area contributed by atoms with Crippen molar-refractivity contribution in [2.45, 2.75) is 64.7 Å². The highest BCUT2D eigenvalue weighted by atomic mass is 35.5. The van der Waals surface area contributed by atoms with Gasteiger partial charge in [0.1, 0.15) is 0 Å². The molecule has 0 saturated carbocycles. The Morgan fingerprint density at radius 1 is 1.30 bits per heavy atom. The van der Waals surface area contributed by atoms with Crippen LogP contribution >= 0.6 is 23.4 Å². The van der Waals surface area contributed by atoms with Gasteiger partial charge < -0.3 is 5.32 Å². The van der Waals surface area contributed by atoms with Crippen LogP contribution in [0.15, 0.2) is 28.2 Å². The summed E-state index contributed by atoms with van der Waals surface area (Å²) >= 11 is 7.36. The number of nitrogens with one attached hydrogen (secondary N) is 1. The lowest BCUT2D eigenvalue weighted by molar-refractivity contribution is -0.119. The lowest BCUT2D eigenvalue weighted by atomic mass is 10.1. The van der Waals surface area contributed by atoms with Crippen LogP contribution in [0.2, 0.25) is 5.02 Å². The summed E-state index contributed by atoms with van der Waals surface area (Å²) in [4.78, 5) is 29.8. The van der Waals surface area contributed by atoms with Gasteiger partial charge in [-0.1, -0.05) is 50.6 Å². The van der Waals surface area contributed by atoms with E-state index in [9.17, 15) is 9.59 Å². The van der Waals surface area contributed by atoms with E-state index in [-0.39, 0.29) is 23.3 Å². The molecule has 0 bridgehead atoms. The van der Waals surface area contributed by atoms with Crippen LogP contribution in [0, 0.1) is 5.92 Å². The monoisotopic (exact) mass is 409 g/mol. The molecular weight excluding hydrogens is 382 g/mol. The molecule has 0 saturated heterocycles. The zero-order chi connectivity index (χ0) is 20.0. The molecule has 0 spiro atoms. The molecule has 0 fully saturated rings. The fourth-order valence-corrected chi connectivity index (χ4v) is 3.82. The van der Waals surface area contributed by atoms with E-state index in [1.54, 1.807) is 22.8 Å². The molecule has 1 heterocycles. The minimum atomic E-state index is -0.0837. The van der Waals surface area contributed by atoms with Crippen LogP contribution in [0.3, 0.4) is 0 Å². The summed E-state index contributed by atoms with van der Waals surface area (Å²) in [6.07, 6.45) is 2.84. The lowest BCUT2D eigenvalue weighted by Gasteiger charge is -2.15. The molecule has 1 amide bonds. The number of thioether (sulfide) groups is 1. The summed E-state index contributed by atoms with van der Waals surface area (Å²) in [5, 5.41) is 4.64. The van der Waals surface area contributed by atoms with E-state index in [0.29, 0.717) is 33.5 Å². The Hall–Kier alpha value is -1.53. The smallest absolute Gasteiger partial charge is 0.262 e. The number of hydrogen-bond donors (Lipinski definition) is 1. The van der Waals surface area contributed by atoms with Crippen molar-refractivity contribution >= 4 is 40.2 Å². The Morgan fingerprint density at radius 3 is 2.70 bits per heavy atom. The number of halogens is 1. The van der Waals surface area contributed by atoms with Crippen molar-refractivity contribution in [1.29, 1.82) is 0 Å². The third-order valence-corrected chi connectivity index (χ3v) is 5.49. The maximum absolute atomic E-state index is 12.9. The largest absolute Gasteiger partial charge is 0.353 e. The fraction of sp³-hybridized carbons (Fsp3) is 0.550. The van der Waals surface area contributed by atoms with Crippen LogP contribution in [0.4, 0.5) is 0 Å². The van der Waals surface area contributed by atoms with Crippen molar-refractivity contribution in [3.63, 3.8) is 0 Å². The van der Waals surface area contributed by atoms with Gasteiger partial charge in [0, 0.05) is 17.6 Å². The number of rotatable bonds is 9. The molecule has 1 aromatic heterocycles. The predicted octanol–water partition coefficient (Wildman–Crippen LogP) is 4.49. The van der Waals surface area contributed by atoms with Crippen LogP contribution in [0.25, 0.3) is 10.9 Å². The second-order valence-electron chi connectivity index (χ2n) is 7.24. The van der Waals surface area contributed by atoms with E-state index >= 15 is 0 Å². The third kappa shape index (κ3) is 6.25. The molecule has 0 unspecified atom stereocenters. The number of amides is 1. The van der Waals surface area contributed by atoms with Crippen molar-refractivity contribution in [1.82, 2.24) is 14.9 Å². The predicted molar refractivity (Wildman–Crippen MR) is 114 cm³/mol. The average Bonchev–Trinajstić information content (AvgIpc) is 2.59. The van der Waals surface area contributed by atoms with Crippen molar-refractivity contribution in [2.75, 3.05) is 5.75 Å². The molecule has 1 N–H and O–H groups in total. The molecule has 7 heteroatoms. The first-order valence-electron chi connectivity index (χ1n) is 9.44. The second kappa shape index (κ2) is 10.1. The van der Waals surface area contributed by atoms with Gasteiger partial charge in [-0.15, -0.1) is 0 Å². The van der Waals surface area contributed by atoms with E-state index < -0.39 is 0 Å². The van der Waals surface area contributed by atoms with Gasteiger partial charge in [0.05, 0.1) is 16.7 Å². The number of carbonyl (C=O) groups is 1. The van der Waals surface area contributed by atoms with Crippen molar-refractivity contribution in [2.24, 2.45) is 5.92 Å². The molecular formula is C20H28ClN3O2S. The number of nitrogens with zero attached hydrogens (tertiary/aromatic N) is 2. The molecule has 1 atom stereocenters. The molecule has 5 nitrogen and oxygen atoms in total. The SMILES string of the molecule is CCC[C@@H](C)NC(=O)CSc1nc2cc(Cl)ccc2c(=O)n1CCC(C)C. The molecule has 2 aromatic rings. The maximum atomic E-state index is 12.9. The Bertz CT molecular complexity index is 851. The first-order valence-corrected chi connectivity index (χ1v) is 10.8. The molecule has 0 aliphatic rings. The summed E-state index contributed by atoms with van der Waals surface area (Å²) < 4.78 is 1.68. The van der Waals surface area contributed by atoms with E-state index in [4.69, 9.17) is 11.6 Å². The Kier molecular flexibility index (Phi) is 8.17. The first kappa shape index (κ1) is 21.8. The topological polar surface area (TPSA) is 64.0 Å². The maximum Gasteiger partial charge on any atom is 0.262 e. The quantitative estimate of drug-likeness (QED) is 0.489. The van der Waals surface area contributed by atoms with Crippen molar-refractivity contribution < 1.29 is 4.79 Å². The zero-order valence-electron chi connectivity index (χ0n) is 16.4. The van der Waals surface area contributed by atoms with Gasteiger partial charge >= 0.3 is 0 Å². The third-order valence-electron chi connectivity index (χ3n) is 4.27. The van der Waals surface area contributed by atoms with Crippen LogP contribution in [-0.2, 0) is 11.3 Å². The number of hydrogen-bond acceptors (Lipinski definition) is 4. The van der Waals surface area contributed by atoms with Crippen molar-refractivity contribution in [3.8, 4) is 0 Å². The van der Waals surface area contributed by atoms with Crippen LogP contribution in [0.1, 0.15) is 47.0 Å². The number of benzene rings is 1. The number of carbonyl (C=O) groups excluding carboxylic acids is 1.